The lowest BCUT2D eigenvalue weighted by Gasteiger charge is -2.29. The third-order valence-electron chi connectivity index (χ3n) is 3.48. The van der Waals surface area contributed by atoms with Crippen LogP contribution >= 0.6 is 11.3 Å². The van der Waals surface area contributed by atoms with Crippen molar-refractivity contribution in [2.45, 2.75) is 25.8 Å². The fraction of sp³-hybridized carbons (Fsp3) is 0.615. The summed E-state index contributed by atoms with van der Waals surface area (Å²) in [5.74, 6) is 0.589. The lowest BCUT2D eigenvalue weighted by molar-refractivity contribution is 0.102. The van der Waals surface area contributed by atoms with Crippen LogP contribution in [0.25, 0.3) is 0 Å². The van der Waals surface area contributed by atoms with E-state index in [4.69, 9.17) is 10.5 Å². The van der Waals surface area contributed by atoms with E-state index >= 15 is 0 Å². The number of likely N-dealkylation sites (tertiary alicyclic amines) is 1. The van der Waals surface area contributed by atoms with Gasteiger partial charge in [-0.05, 0) is 33.0 Å². The van der Waals surface area contributed by atoms with Crippen LogP contribution in [-0.2, 0) is 0 Å². The molecule has 3 N–H and O–H groups in total. The van der Waals surface area contributed by atoms with Gasteiger partial charge in [0.25, 0.3) is 0 Å². The van der Waals surface area contributed by atoms with Gasteiger partial charge in [-0.3, -0.25) is 4.79 Å². The molecule has 1 aromatic heterocycles. The lowest BCUT2D eigenvalue weighted by Crippen LogP contribution is -2.36. The highest BCUT2D eigenvalue weighted by molar-refractivity contribution is 7.19. The average Bonchev–Trinajstić information content (AvgIpc) is 2.68. The minimum absolute atomic E-state index is 0.0165. The van der Waals surface area contributed by atoms with E-state index < -0.39 is 0 Å². The number of piperidine rings is 1. The molecule has 0 saturated carbocycles. The first-order valence-electron chi connectivity index (χ1n) is 6.45. The van der Waals surface area contributed by atoms with Crippen LogP contribution in [-0.4, -0.2) is 44.0 Å². The van der Waals surface area contributed by atoms with Gasteiger partial charge in [0.05, 0.1) is 17.7 Å². The molecule has 1 fully saturated rings. The topological polar surface area (TPSA) is 67.6 Å². The Morgan fingerprint density at radius 3 is 2.63 bits per heavy atom. The minimum Gasteiger partial charge on any atom is -0.492 e. The summed E-state index contributed by atoms with van der Waals surface area (Å²) < 4.78 is 5.33. The zero-order valence-corrected chi connectivity index (χ0v) is 12.5. The van der Waals surface area contributed by atoms with E-state index in [9.17, 15) is 4.79 Å². The smallest absolute Gasteiger partial charge is 0.176 e. The number of carbonyl (C=O) groups excluding carboxylic acids is 1. The summed E-state index contributed by atoms with van der Waals surface area (Å²) in [7, 11) is 3.72. The molecule has 106 valence electrons. The Bertz CT molecular complexity index is 465. The number of hydrogen-bond acceptors (Lipinski definition) is 6. The van der Waals surface area contributed by atoms with Gasteiger partial charge in [0.2, 0.25) is 0 Å². The van der Waals surface area contributed by atoms with Gasteiger partial charge in [-0.25, -0.2) is 0 Å². The Kier molecular flexibility index (Phi) is 4.31. The molecule has 19 heavy (non-hydrogen) atoms. The summed E-state index contributed by atoms with van der Waals surface area (Å²) in [5, 5.41) is 4.35. The number of ether oxygens (including phenoxy) is 1. The molecular formula is C13H21N3O2S. The number of ketones is 1. The Morgan fingerprint density at radius 1 is 1.47 bits per heavy atom. The van der Waals surface area contributed by atoms with Crippen LogP contribution in [0.3, 0.4) is 0 Å². The molecule has 2 rings (SSSR count). The van der Waals surface area contributed by atoms with Crippen molar-refractivity contribution in [3.8, 4) is 5.75 Å². The zero-order chi connectivity index (χ0) is 14.0. The van der Waals surface area contributed by atoms with Gasteiger partial charge in [0.15, 0.2) is 11.5 Å². The average molecular weight is 283 g/mol. The number of nitrogen functional groups attached to an aromatic ring is 1. The number of nitrogens with two attached hydrogens (primary N) is 1. The molecule has 6 heteroatoms. The first-order chi connectivity index (χ1) is 9.02. The Labute approximate surface area is 117 Å². The fourth-order valence-corrected chi connectivity index (χ4v) is 3.39. The number of hydrogen-bond donors (Lipinski definition) is 2. The molecule has 2 heterocycles. The van der Waals surface area contributed by atoms with Crippen LogP contribution in [0.4, 0.5) is 10.7 Å². The molecule has 0 bridgehead atoms. The SMILES string of the molecule is COc1c(NC2CCN(C)CC2)sc(C(C)=O)c1N. The number of Topliss-reactive ketones (excluding diaryl/α,β-unsaturated/α-hetero) is 1. The number of nitrogens with zero attached hydrogens (tertiary/aromatic N) is 1. The third-order valence-corrected chi connectivity index (χ3v) is 4.70. The minimum atomic E-state index is -0.0165. The van der Waals surface area contributed by atoms with Crippen LogP contribution in [0, 0.1) is 0 Å². The predicted molar refractivity (Wildman–Crippen MR) is 79.4 cm³/mol. The number of anilines is 2. The van der Waals surface area contributed by atoms with E-state index in [1.54, 1.807) is 7.11 Å². The van der Waals surface area contributed by atoms with Gasteiger partial charge in [-0.2, -0.15) is 0 Å². The molecule has 0 aromatic carbocycles. The highest BCUT2D eigenvalue weighted by atomic mass is 32.1. The fourth-order valence-electron chi connectivity index (χ4n) is 2.33. The highest BCUT2D eigenvalue weighted by Gasteiger charge is 2.23. The first-order valence-corrected chi connectivity index (χ1v) is 7.26. The van der Waals surface area contributed by atoms with Gasteiger partial charge >= 0.3 is 0 Å². The number of thiophene rings is 1. The number of methoxy groups -OCH3 is 1. The second-order valence-corrected chi connectivity index (χ2v) is 6.01. The summed E-state index contributed by atoms with van der Waals surface area (Å²) in [5.41, 5.74) is 6.41. The molecule has 1 aliphatic heterocycles. The van der Waals surface area contributed by atoms with Gasteiger partial charge in [0.1, 0.15) is 5.00 Å². The van der Waals surface area contributed by atoms with Crippen LogP contribution in [0.2, 0.25) is 0 Å². The largest absolute Gasteiger partial charge is 0.492 e. The van der Waals surface area contributed by atoms with Gasteiger partial charge < -0.3 is 20.7 Å². The molecule has 0 amide bonds. The van der Waals surface area contributed by atoms with E-state index in [-0.39, 0.29) is 5.78 Å². The van der Waals surface area contributed by atoms with Crippen molar-refractivity contribution in [3.63, 3.8) is 0 Å². The number of rotatable bonds is 4. The normalized spacial score (nSPS) is 17.4. The standard InChI is InChI=1S/C13H21N3O2S/c1-8(17)12-10(14)11(18-3)13(19-12)15-9-4-6-16(2)7-5-9/h9,15H,4-7,14H2,1-3H3. The molecule has 0 radical (unpaired) electrons. The second-order valence-electron chi connectivity index (χ2n) is 4.99. The first kappa shape index (κ1) is 14.1. The third kappa shape index (κ3) is 3.01. The van der Waals surface area contributed by atoms with Crippen molar-refractivity contribution < 1.29 is 9.53 Å². The number of nitrogens with one attached hydrogen (secondary N) is 1. The van der Waals surface area contributed by atoms with Crippen molar-refractivity contribution in [1.82, 2.24) is 4.90 Å². The van der Waals surface area contributed by atoms with E-state index in [1.807, 2.05) is 0 Å². The summed E-state index contributed by atoms with van der Waals surface area (Å²) >= 11 is 1.39. The molecule has 1 aliphatic rings. The summed E-state index contributed by atoms with van der Waals surface area (Å²) in [4.78, 5) is 14.4. The summed E-state index contributed by atoms with van der Waals surface area (Å²) in [6, 6.07) is 0.419. The molecule has 0 unspecified atom stereocenters. The molecular weight excluding hydrogens is 262 g/mol. The maximum atomic E-state index is 11.5. The summed E-state index contributed by atoms with van der Waals surface area (Å²) in [6.45, 7) is 3.70. The molecule has 0 atom stereocenters. The monoisotopic (exact) mass is 283 g/mol. The predicted octanol–water partition coefficient (Wildman–Crippen LogP) is 2.05. The van der Waals surface area contributed by atoms with Crippen LogP contribution < -0.4 is 15.8 Å². The van der Waals surface area contributed by atoms with Crippen LogP contribution in [0.15, 0.2) is 0 Å². The molecule has 0 aliphatic carbocycles. The van der Waals surface area contributed by atoms with Gasteiger partial charge in [-0.15, -0.1) is 11.3 Å². The molecule has 1 saturated heterocycles. The Hall–Kier alpha value is -1.27. The Balaban J connectivity index is 2.15. The quantitative estimate of drug-likeness (QED) is 0.828. The van der Waals surface area contributed by atoms with Crippen molar-refractivity contribution >= 4 is 27.8 Å². The van der Waals surface area contributed by atoms with Crippen molar-refractivity contribution in [2.24, 2.45) is 0 Å². The zero-order valence-electron chi connectivity index (χ0n) is 11.7. The molecule has 1 aromatic rings. The van der Waals surface area contributed by atoms with Crippen molar-refractivity contribution in [1.29, 1.82) is 0 Å². The van der Waals surface area contributed by atoms with Crippen molar-refractivity contribution in [3.05, 3.63) is 4.88 Å². The van der Waals surface area contributed by atoms with Gasteiger partial charge in [0, 0.05) is 13.0 Å². The van der Waals surface area contributed by atoms with E-state index in [2.05, 4.69) is 17.3 Å². The maximum absolute atomic E-state index is 11.5. The van der Waals surface area contributed by atoms with Crippen molar-refractivity contribution in [2.75, 3.05) is 38.3 Å². The van der Waals surface area contributed by atoms with Gasteiger partial charge in [-0.1, -0.05) is 0 Å². The van der Waals surface area contributed by atoms with E-state index in [0.29, 0.717) is 22.4 Å². The van der Waals surface area contributed by atoms with E-state index in [1.165, 1.54) is 18.3 Å². The van der Waals surface area contributed by atoms with E-state index in [0.717, 1.165) is 30.9 Å². The summed E-state index contributed by atoms with van der Waals surface area (Å²) in [6.07, 6.45) is 2.18. The lowest BCUT2D eigenvalue weighted by atomic mass is 10.1. The maximum Gasteiger partial charge on any atom is 0.176 e. The van der Waals surface area contributed by atoms with Crippen LogP contribution in [0.1, 0.15) is 29.4 Å². The highest BCUT2D eigenvalue weighted by Crippen LogP contribution is 2.43. The Morgan fingerprint density at radius 2 is 2.11 bits per heavy atom. The second kappa shape index (κ2) is 5.79. The molecule has 5 nitrogen and oxygen atoms in total. The molecule has 0 spiro atoms. The van der Waals surface area contributed by atoms with Crippen LogP contribution in [0.5, 0.6) is 5.75 Å². The number of carbonyl (C=O) groups is 1.